The van der Waals surface area contributed by atoms with Crippen LogP contribution in [0.3, 0.4) is 0 Å². The Balaban J connectivity index is 2.53. The minimum absolute atomic E-state index is 0.418. The van der Waals surface area contributed by atoms with E-state index in [1.54, 1.807) is 6.07 Å². The Labute approximate surface area is 105 Å². The van der Waals surface area contributed by atoms with Gasteiger partial charge in [-0.1, -0.05) is 11.6 Å². The average molecular weight is 274 g/mol. The standard InChI is InChI=1S/C10H8ClNO2S2/c1-14-10(13)8-5(4-15-9(8)12)6-2-3-7(11)16-6/h2-4H,12H2,1H3. The Morgan fingerprint density at radius 1 is 1.50 bits per heavy atom. The van der Waals surface area contributed by atoms with Crippen LogP contribution in [0.5, 0.6) is 0 Å². The Morgan fingerprint density at radius 2 is 2.25 bits per heavy atom. The molecule has 0 aromatic carbocycles. The maximum atomic E-state index is 11.6. The molecule has 2 aromatic heterocycles. The van der Waals surface area contributed by atoms with Crippen molar-refractivity contribution in [2.75, 3.05) is 12.8 Å². The van der Waals surface area contributed by atoms with E-state index in [0.717, 1.165) is 10.4 Å². The van der Waals surface area contributed by atoms with Crippen molar-refractivity contribution in [1.82, 2.24) is 0 Å². The van der Waals surface area contributed by atoms with Crippen molar-refractivity contribution in [2.24, 2.45) is 0 Å². The number of rotatable bonds is 2. The van der Waals surface area contributed by atoms with Gasteiger partial charge < -0.3 is 10.5 Å². The summed E-state index contributed by atoms with van der Waals surface area (Å²) in [5.41, 5.74) is 6.96. The first-order chi connectivity index (χ1) is 7.63. The lowest BCUT2D eigenvalue weighted by Gasteiger charge is -2.01. The normalized spacial score (nSPS) is 10.4. The van der Waals surface area contributed by atoms with E-state index in [1.807, 2.05) is 11.4 Å². The van der Waals surface area contributed by atoms with Gasteiger partial charge in [0.15, 0.2) is 0 Å². The molecule has 84 valence electrons. The van der Waals surface area contributed by atoms with Crippen molar-refractivity contribution >= 4 is 45.2 Å². The van der Waals surface area contributed by atoms with E-state index in [4.69, 9.17) is 22.1 Å². The minimum Gasteiger partial charge on any atom is -0.465 e. The number of methoxy groups -OCH3 is 1. The molecule has 2 aromatic rings. The second-order valence-corrected chi connectivity index (χ2v) is 5.61. The highest BCUT2D eigenvalue weighted by Gasteiger charge is 2.19. The molecule has 6 heteroatoms. The summed E-state index contributed by atoms with van der Waals surface area (Å²) in [4.78, 5) is 12.5. The second kappa shape index (κ2) is 4.45. The largest absolute Gasteiger partial charge is 0.465 e. The van der Waals surface area contributed by atoms with Gasteiger partial charge in [0, 0.05) is 15.8 Å². The lowest BCUT2D eigenvalue weighted by atomic mass is 10.1. The van der Waals surface area contributed by atoms with Crippen LogP contribution >= 0.6 is 34.3 Å². The molecule has 0 bridgehead atoms. The Morgan fingerprint density at radius 3 is 2.81 bits per heavy atom. The van der Waals surface area contributed by atoms with Gasteiger partial charge in [-0.3, -0.25) is 0 Å². The van der Waals surface area contributed by atoms with E-state index in [1.165, 1.54) is 29.8 Å². The molecule has 0 aliphatic rings. The summed E-state index contributed by atoms with van der Waals surface area (Å²) in [5, 5.41) is 2.30. The third-order valence-electron chi connectivity index (χ3n) is 2.05. The van der Waals surface area contributed by atoms with Crippen molar-refractivity contribution < 1.29 is 9.53 Å². The first-order valence-electron chi connectivity index (χ1n) is 4.34. The number of carbonyl (C=O) groups is 1. The number of ether oxygens (including phenoxy) is 1. The first kappa shape index (κ1) is 11.4. The van der Waals surface area contributed by atoms with Gasteiger partial charge in [-0.05, 0) is 12.1 Å². The van der Waals surface area contributed by atoms with E-state index < -0.39 is 5.97 Å². The number of esters is 1. The molecular formula is C10H8ClNO2S2. The molecule has 0 amide bonds. The maximum absolute atomic E-state index is 11.6. The number of hydrogen-bond acceptors (Lipinski definition) is 5. The molecule has 0 saturated carbocycles. The van der Waals surface area contributed by atoms with Crippen LogP contribution in [0.15, 0.2) is 17.5 Å². The van der Waals surface area contributed by atoms with Crippen LogP contribution in [0.4, 0.5) is 5.00 Å². The van der Waals surface area contributed by atoms with Crippen LogP contribution in [-0.4, -0.2) is 13.1 Å². The fourth-order valence-electron chi connectivity index (χ4n) is 1.33. The average Bonchev–Trinajstić information content (AvgIpc) is 2.83. The third-order valence-corrected chi connectivity index (χ3v) is 4.12. The van der Waals surface area contributed by atoms with E-state index in [9.17, 15) is 4.79 Å². The third kappa shape index (κ3) is 1.93. The van der Waals surface area contributed by atoms with Crippen LogP contribution in [0.25, 0.3) is 10.4 Å². The molecule has 2 rings (SSSR count). The molecule has 0 saturated heterocycles. The number of thiophene rings is 2. The molecule has 0 aliphatic carbocycles. The summed E-state index contributed by atoms with van der Waals surface area (Å²) < 4.78 is 5.38. The fourth-order valence-corrected chi connectivity index (χ4v) is 3.27. The summed E-state index contributed by atoms with van der Waals surface area (Å²) in [6.07, 6.45) is 0. The summed E-state index contributed by atoms with van der Waals surface area (Å²) in [6, 6.07) is 3.65. The molecule has 16 heavy (non-hydrogen) atoms. The first-order valence-corrected chi connectivity index (χ1v) is 6.42. The summed E-state index contributed by atoms with van der Waals surface area (Å²) in [5.74, 6) is -0.418. The predicted octanol–water partition coefficient (Wildman–Crippen LogP) is 3.50. The van der Waals surface area contributed by atoms with E-state index in [-0.39, 0.29) is 0 Å². The van der Waals surface area contributed by atoms with Crippen LogP contribution in [0.1, 0.15) is 10.4 Å². The maximum Gasteiger partial charge on any atom is 0.341 e. The van der Waals surface area contributed by atoms with Crippen LogP contribution < -0.4 is 5.73 Å². The fraction of sp³-hybridized carbons (Fsp3) is 0.100. The SMILES string of the molecule is COC(=O)c1c(-c2ccc(Cl)s2)csc1N. The van der Waals surface area contributed by atoms with Gasteiger partial charge in [-0.25, -0.2) is 4.79 Å². The van der Waals surface area contributed by atoms with Crippen LogP contribution in [-0.2, 0) is 4.74 Å². The van der Waals surface area contributed by atoms with Gasteiger partial charge in [0.25, 0.3) is 0 Å². The topological polar surface area (TPSA) is 52.3 Å². The molecule has 2 heterocycles. The number of carbonyl (C=O) groups excluding carboxylic acids is 1. The zero-order chi connectivity index (χ0) is 11.7. The van der Waals surface area contributed by atoms with Crippen molar-refractivity contribution in [3.05, 3.63) is 27.4 Å². The van der Waals surface area contributed by atoms with E-state index >= 15 is 0 Å². The molecule has 0 radical (unpaired) electrons. The van der Waals surface area contributed by atoms with Crippen molar-refractivity contribution in [1.29, 1.82) is 0 Å². The highest BCUT2D eigenvalue weighted by molar-refractivity contribution is 7.20. The van der Waals surface area contributed by atoms with E-state index in [0.29, 0.717) is 14.9 Å². The summed E-state index contributed by atoms with van der Waals surface area (Å²) >= 11 is 8.58. The molecule has 0 fully saturated rings. The quantitative estimate of drug-likeness (QED) is 0.852. The molecule has 0 atom stereocenters. The number of hydrogen-bond donors (Lipinski definition) is 1. The van der Waals surface area contributed by atoms with Gasteiger partial charge in [-0.15, -0.1) is 22.7 Å². The van der Waals surface area contributed by atoms with E-state index in [2.05, 4.69) is 0 Å². The number of halogens is 1. The van der Waals surface area contributed by atoms with Gasteiger partial charge in [0.05, 0.1) is 11.4 Å². The van der Waals surface area contributed by atoms with Gasteiger partial charge in [-0.2, -0.15) is 0 Å². The molecule has 2 N–H and O–H groups in total. The molecule has 0 spiro atoms. The van der Waals surface area contributed by atoms with Crippen molar-refractivity contribution in [2.45, 2.75) is 0 Å². The predicted molar refractivity (Wildman–Crippen MR) is 68.4 cm³/mol. The number of anilines is 1. The van der Waals surface area contributed by atoms with Crippen molar-refractivity contribution in [3.63, 3.8) is 0 Å². The van der Waals surface area contributed by atoms with Crippen LogP contribution in [0.2, 0.25) is 4.34 Å². The van der Waals surface area contributed by atoms with Gasteiger partial charge in [0.1, 0.15) is 10.6 Å². The van der Waals surface area contributed by atoms with Gasteiger partial charge >= 0.3 is 5.97 Å². The highest BCUT2D eigenvalue weighted by atomic mass is 35.5. The Bertz CT molecular complexity index is 533. The smallest absolute Gasteiger partial charge is 0.341 e. The molecular weight excluding hydrogens is 266 g/mol. The number of nitrogens with two attached hydrogens (primary N) is 1. The molecule has 0 unspecified atom stereocenters. The Kier molecular flexibility index (Phi) is 3.18. The highest BCUT2D eigenvalue weighted by Crippen LogP contribution is 2.38. The monoisotopic (exact) mass is 273 g/mol. The summed E-state index contributed by atoms with van der Waals surface area (Å²) in [6.45, 7) is 0. The van der Waals surface area contributed by atoms with Gasteiger partial charge in [0.2, 0.25) is 0 Å². The molecule has 0 aliphatic heterocycles. The lowest BCUT2D eigenvalue weighted by Crippen LogP contribution is -2.03. The second-order valence-electron chi connectivity index (χ2n) is 2.98. The lowest BCUT2D eigenvalue weighted by molar-refractivity contribution is 0.0603. The number of nitrogen functional groups attached to an aromatic ring is 1. The minimum atomic E-state index is -0.418. The zero-order valence-electron chi connectivity index (χ0n) is 8.32. The zero-order valence-corrected chi connectivity index (χ0v) is 10.7. The molecule has 3 nitrogen and oxygen atoms in total. The van der Waals surface area contributed by atoms with Crippen molar-refractivity contribution in [3.8, 4) is 10.4 Å². The summed E-state index contributed by atoms with van der Waals surface area (Å²) in [7, 11) is 1.34. The Hall–Kier alpha value is -1.04. The van der Waals surface area contributed by atoms with Crippen LogP contribution in [0, 0.1) is 0 Å².